The van der Waals surface area contributed by atoms with Crippen molar-refractivity contribution in [2.24, 2.45) is 0 Å². The number of sulfonamides is 1. The predicted molar refractivity (Wildman–Crippen MR) is 75.8 cm³/mol. The number of aromatic carboxylic acids is 1. The first kappa shape index (κ1) is 16.0. The third-order valence-corrected chi connectivity index (χ3v) is 5.59. The second-order valence-electron chi connectivity index (χ2n) is 5.72. The minimum Gasteiger partial charge on any atom is -0.477 e. The van der Waals surface area contributed by atoms with Gasteiger partial charge in [-0.05, 0) is 26.3 Å². The molecule has 0 atom stereocenters. The maximum Gasteiger partial charge on any atom is 0.352 e. The number of nitrogens with zero attached hydrogens (tertiary/aromatic N) is 2. The van der Waals surface area contributed by atoms with Gasteiger partial charge in [-0.1, -0.05) is 6.92 Å². The summed E-state index contributed by atoms with van der Waals surface area (Å²) in [6.07, 6.45) is 1.82. The first-order valence-corrected chi connectivity index (χ1v) is 8.22. The molecule has 1 aromatic rings. The van der Waals surface area contributed by atoms with Gasteiger partial charge in [0.2, 0.25) is 10.0 Å². The second-order valence-corrected chi connectivity index (χ2v) is 7.66. The molecule has 2 N–H and O–H groups in total. The molecular formula is C13H20N2O5S. The summed E-state index contributed by atoms with van der Waals surface area (Å²) >= 11 is 0. The summed E-state index contributed by atoms with van der Waals surface area (Å²) in [6, 6.07) is 1.00. The van der Waals surface area contributed by atoms with Crippen LogP contribution in [0.15, 0.2) is 17.2 Å². The smallest absolute Gasteiger partial charge is 0.352 e. The number of β-amino-alcohol motifs (C(OH)–C–C–N with tert-alkyl or cyclic N) is 1. The molecule has 0 aliphatic carbocycles. The monoisotopic (exact) mass is 316 g/mol. The first-order chi connectivity index (χ1) is 9.60. The van der Waals surface area contributed by atoms with E-state index in [9.17, 15) is 18.3 Å². The van der Waals surface area contributed by atoms with E-state index in [1.54, 1.807) is 20.8 Å². The van der Waals surface area contributed by atoms with E-state index in [4.69, 9.17) is 5.11 Å². The average Bonchev–Trinajstić information content (AvgIpc) is 2.80. The van der Waals surface area contributed by atoms with Gasteiger partial charge in [-0.15, -0.1) is 0 Å². The van der Waals surface area contributed by atoms with Crippen molar-refractivity contribution >= 4 is 16.0 Å². The third-order valence-electron chi connectivity index (χ3n) is 3.84. The molecule has 2 rings (SSSR count). The molecule has 0 spiro atoms. The SMILES string of the molecule is CCC1(O)CN(S(=O)(=O)c2cc(C(=O)O)n(C(C)C)c2)C1. The number of carbonyl (C=O) groups is 1. The Labute approximate surface area is 123 Å². The molecule has 0 saturated carbocycles. The molecule has 1 fully saturated rings. The van der Waals surface area contributed by atoms with Crippen LogP contribution >= 0.6 is 0 Å². The minimum absolute atomic E-state index is 0.0428. The first-order valence-electron chi connectivity index (χ1n) is 6.78. The molecule has 1 aliphatic rings. The Morgan fingerprint density at radius 2 is 2.00 bits per heavy atom. The van der Waals surface area contributed by atoms with Crippen LogP contribution in [0.4, 0.5) is 0 Å². The molecule has 1 saturated heterocycles. The Kier molecular flexibility index (Phi) is 3.90. The Hall–Kier alpha value is -1.38. The summed E-state index contributed by atoms with van der Waals surface area (Å²) in [6.45, 7) is 5.44. The van der Waals surface area contributed by atoms with Gasteiger partial charge in [0, 0.05) is 25.3 Å². The fraction of sp³-hybridized carbons (Fsp3) is 0.615. The van der Waals surface area contributed by atoms with Crippen LogP contribution in [0.5, 0.6) is 0 Å². The zero-order valence-corrected chi connectivity index (χ0v) is 13.1. The van der Waals surface area contributed by atoms with E-state index in [0.29, 0.717) is 6.42 Å². The lowest BCUT2D eigenvalue weighted by molar-refractivity contribution is -0.0613. The van der Waals surface area contributed by atoms with E-state index in [1.165, 1.54) is 21.1 Å². The molecule has 1 aromatic heterocycles. The molecule has 1 aliphatic heterocycles. The Morgan fingerprint density at radius 3 is 2.38 bits per heavy atom. The summed E-state index contributed by atoms with van der Waals surface area (Å²) in [5, 5.41) is 19.1. The third kappa shape index (κ3) is 2.70. The van der Waals surface area contributed by atoms with Crippen molar-refractivity contribution in [1.29, 1.82) is 0 Å². The zero-order valence-electron chi connectivity index (χ0n) is 12.3. The van der Waals surface area contributed by atoms with Crippen LogP contribution in [0.3, 0.4) is 0 Å². The van der Waals surface area contributed by atoms with Crippen molar-refractivity contribution in [1.82, 2.24) is 8.87 Å². The number of carboxylic acid groups (broad SMARTS) is 1. The largest absolute Gasteiger partial charge is 0.477 e. The van der Waals surface area contributed by atoms with Gasteiger partial charge in [0.15, 0.2) is 0 Å². The lowest BCUT2D eigenvalue weighted by Crippen LogP contribution is -2.62. The van der Waals surface area contributed by atoms with Crippen LogP contribution in [-0.4, -0.2) is 52.2 Å². The van der Waals surface area contributed by atoms with E-state index in [2.05, 4.69) is 0 Å². The van der Waals surface area contributed by atoms with Crippen molar-refractivity contribution < 1.29 is 23.4 Å². The lowest BCUT2D eigenvalue weighted by Gasteiger charge is -2.44. The molecular weight excluding hydrogens is 296 g/mol. The highest BCUT2D eigenvalue weighted by Crippen LogP contribution is 2.31. The van der Waals surface area contributed by atoms with Crippen LogP contribution in [0.1, 0.15) is 43.7 Å². The Bertz CT molecular complexity index is 656. The molecule has 8 heteroatoms. The molecule has 7 nitrogen and oxygen atoms in total. The predicted octanol–water partition coefficient (Wildman–Crippen LogP) is 0.913. The number of rotatable bonds is 5. The molecule has 0 bridgehead atoms. The van der Waals surface area contributed by atoms with Crippen molar-refractivity contribution in [2.75, 3.05) is 13.1 Å². The average molecular weight is 316 g/mol. The van der Waals surface area contributed by atoms with Crippen LogP contribution in [-0.2, 0) is 10.0 Å². The normalized spacial score (nSPS) is 18.7. The van der Waals surface area contributed by atoms with Crippen LogP contribution in [0, 0.1) is 0 Å². The topological polar surface area (TPSA) is 99.8 Å². The van der Waals surface area contributed by atoms with Crippen molar-refractivity contribution in [3.63, 3.8) is 0 Å². The number of hydrogen-bond donors (Lipinski definition) is 2. The Balaban J connectivity index is 2.34. The van der Waals surface area contributed by atoms with Gasteiger partial charge in [0.1, 0.15) is 10.6 Å². The van der Waals surface area contributed by atoms with Crippen molar-refractivity contribution in [3.8, 4) is 0 Å². The number of aromatic nitrogens is 1. The minimum atomic E-state index is -3.76. The molecule has 2 heterocycles. The molecule has 0 unspecified atom stereocenters. The Morgan fingerprint density at radius 1 is 1.43 bits per heavy atom. The van der Waals surface area contributed by atoms with Gasteiger partial charge in [-0.2, -0.15) is 4.31 Å². The van der Waals surface area contributed by atoms with Crippen LogP contribution < -0.4 is 0 Å². The van der Waals surface area contributed by atoms with Crippen LogP contribution in [0.2, 0.25) is 0 Å². The van der Waals surface area contributed by atoms with E-state index in [1.807, 2.05) is 0 Å². The summed E-state index contributed by atoms with van der Waals surface area (Å²) < 4.78 is 27.5. The maximum absolute atomic E-state index is 12.4. The van der Waals surface area contributed by atoms with Crippen LogP contribution in [0.25, 0.3) is 0 Å². The summed E-state index contributed by atoms with van der Waals surface area (Å²) in [4.78, 5) is 11.2. The highest BCUT2D eigenvalue weighted by Gasteiger charge is 2.46. The number of aliphatic hydroxyl groups is 1. The van der Waals surface area contributed by atoms with Gasteiger partial charge < -0.3 is 14.8 Å². The standard InChI is InChI=1S/C13H20N2O5S/c1-4-13(18)7-14(8-13)21(19,20)10-5-11(12(16)17)15(6-10)9(2)3/h5-6,9,18H,4,7-8H2,1-3H3,(H,16,17). The quantitative estimate of drug-likeness (QED) is 0.841. The fourth-order valence-electron chi connectivity index (χ4n) is 2.35. The molecule has 0 radical (unpaired) electrons. The van der Waals surface area contributed by atoms with Crippen molar-refractivity contribution in [2.45, 2.75) is 43.7 Å². The highest BCUT2D eigenvalue weighted by molar-refractivity contribution is 7.89. The number of carboxylic acids is 1. The van der Waals surface area contributed by atoms with Gasteiger partial charge >= 0.3 is 5.97 Å². The van der Waals surface area contributed by atoms with Gasteiger partial charge in [-0.3, -0.25) is 0 Å². The lowest BCUT2D eigenvalue weighted by atomic mass is 9.94. The summed E-state index contributed by atoms with van der Waals surface area (Å²) in [5.74, 6) is -1.17. The van der Waals surface area contributed by atoms with Crippen molar-refractivity contribution in [3.05, 3.63) is 18.0 Å². The summed E-state index contributed by atoms with van der Waals surface area (Å²) in [5.41, 5.74) is -1.03. The van der Waals surface area contributed by atoms with E-state index < -0.39 is 21.6 Å². The fourth-order valence-corrected chi connectivity index (χ4v) is 3.97. The van der Waals surface area contributed by atoms with E-state index in [0.717, 1.165) is 0 Å². The molecule has 0 amide bonds. The zero-order chi connectivity index (χ0) is 16.0. The second kappa shape index (κ2) is 5.11. The van der Waals surface area contributed by atoms with E-state index in [-0.39, 0.29) is 29.7 Å². The maximum atomic E-state index is 12.4. The van der Waals surface area contributed by atoms with E-state index >= 15 is 0 Å². The number of hydrogen-bond acceptors (Lipinski definition) is 4. The molecule has 118 valence electrons. The summed E-state index contributed by atoms with van der Waals surface area (Å²) in [7, 11) is -3.76. The molecule has 21 heavy (non-hydrogen) atoms. The van der Waals surface area contributed by atoms with Gasteiger partial charge in [0.25, 0.3) is 0 Å². The molecule has 0 aromatic carbocycles. The van der Waals surface area contributed by atoms with Gasteiger partial charge in [-0.25, -0.2) is 13.2 Å². The van der Waals surface area contributed by atoms with Gasteiger partial charge in [0.05, 0.1) is 5.60 Å². The highest BCUT2D eigenvalue weighted by atomic mass is 32.2.